The van der Waals surface area contributed by atoms with Crippen LogP contribution in [-0.2, 0) is 15.0 Å². The van der Waals surface area contributed by atoms with Crippen LogP contribution >= 0.6 is 24.0 Å². The highest BCUT2D eigenvalue weighted by Crippen LogP contribution is 2.62. The van der Waals surface area contributed by atoms with Crippen molar-refractivity contribution in [2.45, 2.75) is 89.4 Å². The van der Waals surface area contributed by atoms with E-state index >= 15 is 0 Å². The first-order valence-corrected chi connectivity index (χ1v) is 16.9. The van der Waals surface area contributed by atoms with Crippen LogP contribution in [0, 0.1) is 40.9 Å². The predicted molar refractivity (Wildman–Crippen MR) is 161 cm³/mol. The van der Waals surface area contributed by atoms with E-state index in [4.69, 9.17) is 17.0 Å². The van der Waals surface area contributed by atoms with Crippen molar-refractivity contribution < 1.29 is 14.3 Å². The molecule has 1 heterocycles. The van der Waals surface area contributed by atoms with Gasteiger partial charge in [0.05, 0.1) is 16.9 Å². The van der Waals surface area contributed by atoms with E-state index in [0.717, 1.165) is 48.3 Å². The number of carbonyl (C=O) groups is 2. The Balaban J connectivity index is 1.06. The fourth-order valence-electron chi connectivity index (χ4n) is 11.1. The molecule has 8 saturated carbocycles. The van der Waals surface area contributed by atoms with Crippen LogP contribution < -0.4 is 10.2 Å². The number of carbonyl (C=O) groups excluding carboxylic acids is 2. The highest BCUT2D eigenvalue weighted by atomic mass is 32.2. The molecule has 0 unspecified atom stereocenters. The van der Waals surface area contributed by atoms with Crippen molar-refractivity contribution in [3.63, 3.8) is 0 Å². The fourth-order valence-corrected chi connectivity index (χ4v) is 12.2. The second kappa shape index (κ2) is 9.32. The van der Waals surface area contributed by atoms with Crippen LogP contribution in [0.4, 0.5) is 0 Å². The Hall–Kier alpha value is -1.86. The zero-order valence-corrected chi connectivity index (χ0v) is 25.1. The normalized spacial score (nSPS) is 41.8. The maximum absolute atomic E-state index is 13.7. The minimum atomic E-state index is -0.323. The van der Waals surface area contributed by atoms with Crippen molar-refractivity contribution in [2.24, 2.45) is 40.9 Å². The summed E-state index contributed by atoms with van der Waals surface area (Å²) in [5, 5.41) is 1.34. The van der Waals surface area contributed by atoms with Crippen LogP contribution in [0.2, 0.25) is 0 Å². The molecule has 9 aliphatic rings. The maximum Gasteiger partial charge on any atom is 0.285 e. The molecule has 1 saturated heterocycles. The summed E-state index contributed by atoms with van der Waals surface area (Å²) in [5.41, 5.74) is 5.31. The monoisotopic (exact) mass is 576 g/mol. The van der Waals surface area contributed by atoms with Crippen LogP contribution in [0.3, 0.4) is 0 Å². The van der Waals surface area contributed by atoms with Crippen LogP contribution in [0.15, 0.2) is 23.1 Å². The predicted octanol–water partition coefficient (Wildman–Crippen LogP) is 7.00. The third-order valence-corrected chi connectivity index (χ3v) is 13.1. The topological polar surface area (TPSA) is 58.6 Å². The van der Waals surface area contributed by atoms with E-state index in [1.54, 1.807) is 0 Å². The van der Waals surface area contributed by atoms with Gasteiger partial charge in [0.1, 0.15) is 5.75 Å². The Kier molecular flexibility index (Phi) is 6.02. The van der Waals surface area contributed by atoms with E-state index in [0.29, 0.717) is 33.6 Å². The number of nitrogens with zero attached hydrogens (tertiary/aromatic N) is 1. The van der Waals surface area contributed by atoms with Crippen molar-refractivity contribution in [1.29, 1.82) is 0 Å². The lowest BCUT2D eigenvalue weighted by molar-refractivity contribution is -0.152. The second-order valence-corrected chi connectivity index (χ2v) is 16.2. The third-order valence-electron chi connectivity index (χ3n) is 11.8. The first-order valence-electron chi connectivity index (χ1n) is 15.7. The van der Waals surface area contributed by atoms with Crippen LogP contribution in [0.1, 0.15) is 95.1 Å². The molecule has 40 heavy (non-hydrogen) atoms. The molecule has 8 bridgehead atoms. The highest BCUT2D eigenvalue weighted by Gasteiger charge is 2.55. The fraction of sp³-hybridized carbons (Fsp3) is 0.667. The molecule has 9 fully saturated rings. The van der Waals surface area contributed by atoms with Crippen LogP contribution in [0.5, 0.6) is 5.75 Å². The summed E-state index contributed by atoms with van der Waals surface area (Å²) in [4.78, 5) is 27.9. The molecule has 1 aliphatic heterocycles. The zero-order chi connectivity index (χ0) is 27.2. The zero-order valence-electron chi connectivity index (χ0n) is 23.5. The number of thiocarbonyl (C=S) groups is 1. The molecular weight excluding hydrogens is 537 g/mol. The molecule has 212 valence electrons. The Labute approximate surface area is 247 Å². The van der Waals surface area contributed by atoms with Gasteiger partial charge >= 0.3 is 0 Å². The van der Waals surface area contributed by atoms with E-state index in [9.17, 15) is 9.59 Å². The molecule has 0 radical (unpaired) electrons. The molecule has 0 aromatic heterocycles. The number of amides is 2. The lowest BCUT2D eigenvalue weighted by Gasteiger charge is -2.57. The molecule has 0 spiro atoms. The van der Waals surface area contributed by atoms with Gasteiger partial charge in [-0.3, -0.25) is 15.0 Å². The molecule has 7 heteroatoms. The maximum atomic E-state index is 13.7. The highest BCUT2D eigenvalue weighted by molar-refractivity contribution is 8.26. The molecule has 1 aromatic rings. The number of ether oxygens (including phenoxy) is 1. The molecule has 5 nitrogen and oxygen atoms in total. The number of nitrogens with one attached hydrogen (secondary N) is 1. The van der Waals surface area contributed by atoms with Gasteiger partial charge in [0.2, 0.25) is 5.91 Å². The number of hydrazine groups is 1. The van der Waals surface area contributed by atoms with Gasteiger partial charge in [-0.05, 0) is 161 Å². The summed E-state index contributed by atoms with van der Waals surface area (Å²) >= 11 is 6.93. The first-order chi connectivity index (χ1) is 19.3. The van der Waals surface area contributed by atoms with Gasteiger partial charge in [-0.25, -0.2) is 0 Å². The average Bonchev–Trinajstić information content (AvgIpc) is 3.15. The van der Waals surface area contributed by atoms with E-state index < -0.39 is 0 Å². The van der Waals surface area contributed by atoms with Crippen molar-refractivity contribution in [2.75, 3.05) is 6.61 Å². The van der Waals surface area contributed by atoms with Gasteiger partial charge < -0.3 is 4.74 Å². The SMILES string of the molecule is CCOc1ccc(C23CC4CC(CC(C4)C2)C3)cc1/C=C1/SC(=S)N(NC(=O)C23CC4CC(CC(C4)C2)C3)C1=O. The second-order valence-electron chi connectivity index (χ2n) is 14.5. The summed E-state index contributed by atoms with van der Waals surface area (Å²) in [5.74, 6) is 5.20. The summed E-state index contributed by atoms with van der Waals surface area (Å²) in [6.07, 6.45) is 16.8. The van der Waals surface area contributed by atoms with Gasteiger partial charge in [0.25, 0.3) is 5.91 Å². The molecule has 1 aromatic carbocycles. The van der Waals surface area contributed by atoms with Crippen molar-refractivity contribution >= 4 is 46.2 Å². The van der Waals surface area contributed by atoms with Crippen molar-refractivity contribution in [3.8, 4) is 5.75 Å². The Morgan fingerprint density at radius 3 is 2.08 bits per heavy atom. The lowest BCUT2D eigenvalue weighted by Crippen LogP contribution is -2.57. The van der Waals surface area contributed by atoms with Crippen molar-refractivity contribution in [1.82, 2.24) is 10.4 Å². The summed E-state index contributed by atoms with van der Waals surface area (Å²) in [7, 11) is 0. The number of hydrogen-bond acceptors (Lipinski definition) is 5. The smallest absolute Gasteiger partial charge is 0.285 e. The third kappa shape index (κ3) is 4.11. The average molecular weight is 577 g/mol. The molecule has 1 N–H and O–H groups in total. The van der Waals surface area contributed by atoms with Gasteiger partial charge in [-0.15, -0.1) is 0 Å². The van der Waals surface area contributed by atoms with E-state index in [1.807, 2.05) is 13.0 Å². The number of rotatable bonds is 6. The molecule has 0 atom stereocenters. The van der Waals surface area contributed by atoms with Gasteiger partial charge in [0.15, 0.2) is 4.32 Å². The lowest BCUT2D eigenvalue weighted by atomic mass is 9.48. The van der Waals surface area contributed by atoms with E-state index in [2.05, 4.69) is 23.6 Å². The van der Waals surface area contributed by atoms with Gasteiger partial charge in [-0.1, -0.05) is 17.8 Å². The number of thioether (sulfide) groups is 1. The van der Waals surface area contributed by atoms with E-state index in [1.165, 1.54) is 80.1 Å². The quantitative estimate of drug-likeness (QED) is 0.292. The minimum Gasteiger partial charge on any atom is -0.493 e. The Bertz CT molecular complexity index is 1250. The summed E-state index contributed by atoms with van der Waals surface area (Å²) in [6.45, 7) is 2.57. The van der Waals surface area contributed by atoms with Crippen LogP contribution in [-0.4, -0.2) is 27.8 Å². The van der Waals surface area contributed by atoms with Crippen LogP contribution in [0.25, 0.3) is 6.08 Å². The number of benzene rings is 1. The van der Waals surface area contributed by atoms with Gasteiger partial charge in [0, 0.05) is 5.56 Å². The molecule has 10 rings (SSSR count). The largest absolute Gasteiger partial charge is 0.493 e. The Morgan fingerprint density at radius 2 is 1.52 bits per heavy atom. The summed E-state index contributed by atoms with van der Waals surface area (Å²) < 4.78 is 6.44. The molecular formula is C33H40N2O3S2. The van der Waals surface area contributed by atoms with Gasteiger partial charge in [-0.2, -0.15) is 5.01 Å². The summed E-state index contributed by atoms with van der Waals surface area (Å²) in [6, 6.07) is 6.68. The Morgan fingerprint density at radius 1 is 0.975 bits per heavy atom. The minimum absolute atomic E-state index is 0.00275. The van der Waals surface area contributed by atoms with Crippen molar-refractivity contribution in [3.05, 3.63) is 34.2 Å². The standard InChI is InChI=1S/C33H40N2O3S2/c1-2-38-27-4-3-26(32-13-19-5-20(14-32)7-21(6-19)15-32)11-25(27)12-28-29(36)35(31(39)40-28)34-30(37)33-16-22-8-23(17-33)10-24(9-22)18-33/h3-4,11-12,19-24H,2,5-10,13-18H2,1H3,(H,34,37)/b28-12+. The molecule has 2 amide bonds. The number of hydrogen-bond donors (Lipinski definition) is 1. The molecule has 8 aliphatic carbocycles. The first kappa shape index (κ1) is 25.8. The van der Waals surface area contributed by atoms with E-state index in [-0.39, 0.29) is 22.6 Å².